The summed E-state index contributed by atoms with van der Waals surface area (Å²) in [5, 5.41) is 7.87. The highest BCUT2D eigenvalue weighted by Gasteiger charge is 2.28. The number of halogens is 1. The minimum Gasteiger partial charge on any atom is -0.494 e. The van der Waals surface area contributed by atoms with Crippen LogP contribution in [0.25, 0.3) is 22.6 Å². The van der Waals surface area contributed by atoms with Gasteiger partial charge in [0.25, 0.3) is 0 Å². The number of aromatic nitrogens is 5. The van der Waals surface area contributed by atoms with Crippen molar-refractivity contribution in [2.24, 2.45) is 0 Å². The molecule has 1 aliphatic rings. The average Bonchev–Trinajstić information content (AvgIpc) is 3.49. The summed E-state index contributed by atoms with van der Waals surface area (Å²) in [4.78, 5) is 21.7. The van der Waals surface area contributed by atoms with Crippen LogP contribution in [0.4, 0.5) is 5.82 Å². The second-order valence-electron chi connectivity index (χ2n) is 10.2. The molecule has 0 saturated carbocycles. The van der Waals surface area contributed by atoms with E-state index in [0.717, 1.165) is 64.1 Å². The first-order valence-electron chi connectivity index (χ1n) is 13.3. The van der Waals surface area contributed by atoms with Crippen molar-refractivity contribution in [3.63, 3.8) is 0 Å². The molecule has 9 nitrogen and oxygen atoms in total. The van der Waals surface area contributed by atoms with E-state index in [1.54, 1.807) is 0 Å². The number of ether oxygens (including phenoxy) is 1. The molecule has 4 aromatic rings. The molecule has 1 aromatic carbocycles. The summed E-state index contributed by atoms with van der Waals surface area (Å²) in [5.41, 5.74) is 6.19. The van der Waals surface area contributed by atoms with Crippen LogP contribution in [-0.4, -0.2) is 45.3 Å². The maximum absolute atomic E-state index is 6.72. The minimum absolute atomic E-state index is 0.262. The summed E-state index contributed by atoms with van der Waals surface area (Å²) >= 11 is 6.72. The molecule has 0 amide bonds. The number of anilines is 1. The van der Waals surface area contributed by atoms with Gasteiger partial charge in [-0.2, -0.15) is 0 Å². The summed E-state index contributed by atoms with van der Waals surface area (Å²) in [6.45, 7) is 12.8. The lowest BCUT2D eigenvalue weighted by Gasteiger charge is -2.21. The third-order valence-electron chi connectivity index (χ3n) is 6.90. The normalized spacial score (nSPS) is 12.9. The van der Waals surface area contributed by atoms with Crippen LogP contribution < -0.4 is 15.0 Å². The lowest BCUT2D eigenvalue weighted by molar-refractivity contribution is 0.310. The van der Waals surface area contributed by atoms with Crippen molar-refractivity contribution >= 4 is 17.4 Å². The van der Waals surface area contributed by atoms with Crippen molar-refractivity contribution in [2.75, 3.05) is 25.1 Å². The first kappa shape index (κ1) is 27.0. The highest BCUT2D eigenvalue weighted by molar-refractivity contribution is 6.33. The number of hydrogen-bond acceptors (Lipinski definition) is 9. The van der Waals surface area contributed by atoms with Crippen molar-refractivity contribution < 1.29 is 9.26 Å². The fraction of sp³-hybridized carbons (Fsp3) is 0.414. The minimum atomic E-state index is 0.262. The molecule has 204 valence electrons. The molecule has 0 radical (unpaired) electrons. The number of nitrogens with zero attached hydrogens (tertiary/aromatic N) is 6. The van der Waals surface area contributed by atoms with E-state index in [2.05, 4.69) is 34.2 Å². The van der Waals surface area contributed by atoms with Gasteiger partial charge in [-0.25, -0.2) is 19.9 Å². The van der Waals surface area contributed by atoms with Crippen LogP contribution >= 0.6 is 11.6 Å². The summed E-state index contributed by atoms with van der Waals surface area (Å²) in [6, 6.07) is 5.61. The fourth-order valence-electron chi connectivity index (χ4n) is 4.80. The lowest BCUT2D eigenvalue weighted by Crippen LogP contribution is -2.19. The number of rotatable bonds is 9. The molecule has 1 N–H and O–H groups in total. The van der Waals surface area contributed by atoms with Crippen LogP contribution in [-0.2, 0) is 13.1 Å². The Bertz CT molecular complexity index is 1480. The summed E-state index contributed by atoms with van der Waals surface area (Å²) < 4.78 is 11.5. The predicted molar refractivity (Wildman–Crippen MR) is 152 cm³/mol. The second kappa shape index (κ2) is 11.3. The van der Waals surface area contributed by atoms with Crippen LogP contribution in [0.3, 0.4) is 0 Å². The zero-order valence-corrected chi connectivity index (χ0v) is 24.1. The largest absolute Gasteiger partial charge is 0.494 e. The predicted octanol–water partition coefficient (Wildman–Crippen LogP) is 5.80. The standard InChI is InChI=1S/C29H34ClN7O2/c1-16(2)27-32-13-20-14-37(15-24(20)33-27)29-17(3)26(25-18(4)36-39-19(25)5)34-28(35-29)22-12-21(8-9-23(22)30)38-11-7-10-31-6/h8-9,12-13,16,31H,7,10-11,14-15H2,1-6H3. The van der Waals surface area contributed by atoms with E-state index in [-0.39, 0.29) is 5.92 Å². The van der Waals surface area contributed by atoms with Crippen LogP contribution in [0.1, 0.15) is 60.3 Å². The summed E-state index contributed by atoms with van der Waals surface area (Å²) in [6.07, 6.45) is 2.84. The van der Waals surface area contributed by atoms with Crippen molar-refractivity contribution in [1.82, 2.24) is 30.4 Å². The van der Waals surface area contributed by atoms with Crippen LogP contribution in [0.15, 0.2) is 28.9 Å². The quantitative estimate of drug-likeness (QED) is 0.260. The Balaban J connectivity index is 1.59. The van der Waals surface area contributed by atoms with Gasteiger partial charge < -0.3 is 19.5 Å². The molecule has 0 saturated heterocycles. The van der Waals surface area contributed by atoms with E-state index in [1.165, 1.54) is 0 Å². The van der Waals surface area contributed by atoms with Crippen molar-refractivity contribution in [3.8, 4) is 28.4 Å². The Kier molecular flexibility index (Phi) is 7.81. The van der Waals surface area contributed by atoms with E-state index >= 15 is 0 Å². The van der Waals surface area contributed by atoms with Crippen LogP contribution in [0.5, 0.6) is 5.75 Å². The molecule has 39 heavy (non-hydrogen) atoms. The van der Waals surface area contributed by atoms with Gasteiger partial charge in [-0.3, -0.25) is 0 Å². The Hall–Kier alpha value is -3.56. The number of benzene rings is 1. The fourth-order valence-corrected chi connectivity index (χ4v) is 5.00. The maximum atomic E-state index is 6.72. The molecular weight excluding hydrogens is 514 g/mol. The molecule has 10 heteroatoms. The van der Waals surface area contributed by atoms with Crippen LogP contribution in [0, 0.1) is 20.8 Å². The molecule has 5 rings (SSSR count). The molecule has 0 fully saturated rings. The first-order chi connectivity index (χ1) is 18.8. The molecule has 0 unspecified atom stereocenters. The number of aryl methyl sites for hydroxylation is 2. The molecule has 0 spiro atoms. The Morgan fingerprint density at radius 2 is 1.95 bits per heavy atom. The van der Waals surface area contributed by atoms with E-state index < -0.39 is 0 Å². The van der Waals surface area contributed by atoms with Gasteiger partial charge >= 0.3 is 0 Å². The van der Waals surface area contributed by atoms with E-state index in [0.29, 0.717) is 41.9 Å². The Morgan fingerprint density at radius 1 is 1.13 bits per heavy atom. The summed E-state index contributed by atoms with van der Waals surface area (Å²) in [7, 11) is 1.93. The molecular formula is C29H34ClN7O2. The Labute approximate surface area is 234 Å². The molecule has 4 heterocycles. The highest BCUT2D eigenvalue weighted by atomic mass is 35.5. The van der Waals surface area contributed by atoms with Gasteiger partial charge in [0, 0.05) is 35.3 Å². The molecule has 1 aliphatic heterocycles. The van der Waals surface area contributed by atoms with Gasteiger partial charge in [0.05, 0.1) is 40.8 Å². The number of hydrogen-bond donors (Lipinski definition) is 1. The van der Waals surface area contributed by atoms with E-state index in [9.17, 15) is 0 Å². The first-order valence-corrected chi connectivity index (χ1v) is 13.6. The molecule has 0 bridgehead atoms. The molecule has 0 aliphatic carbocycles. The van der Waals surface area contributed by atoms with Gasteiger partial charge in [-0.15, -0.1) is 0 Å². The highest BCUT2D eigenvalue weighted by Crippen LogP contribution is 2.38. The van der Waals surface area contributed by atoms with Gasteiger partial charge in [0.15, 0.2) is 5.82 Å². The number of fused-ring (bicyclic) bond motifs is 1. The topological polar surface area (TPSA) is 102 Å². The van der Waals surface area contributed by atoms with Gasteiger partial charge in [-0.1, -0.05) is 30.6 Å². The third-order valence-corrected chi connectivity index (χ3v) is 7.23. The second-order valence-corrected chi connectivity index (χ2v) is 10.6. The van der Waals surface area contributed by atoms with Crippen LogP contribution in [0.2, 0.25) is 5.02 Å². The maximum Gasteiger partial charge on any atom is 0.163 e. The molecule has 0 atom stereocenters. The van der Waals surface area contributed by atoms with Gasteiger partial charge in [0.2, 0.25) is 0 Å². The molecule has 3 aromatic heterocycles. The third kappa shape index (κ3) is 5.46. The number of nitrogens with one attached hydrogen (secondary N) is 1. The van der Waals surface area contributed by atoms with Gasteiger partial charge in [0.1, 0.15) is 23.2 Å². The summed E-state index contributed by atoms with van der Waals surface area (Å²) in [5.74, 6) is 3.87. The van der Waals surface area contributed by atoms with Crippen molar-refractivity contribution in [3.05, 3.63) is 63.5 Å². The van der Waals surface area contributed by atoms with Crippen molar-refractivity contribution in [1.29, 1.82) is 0 Å². The monoisotopic (exact) mass is 547 g/mol. The zero-order valence-electron chi connectivity index (χ0n) is 23.3. The van der Waals surface area contributed by atoms with Crippen molar-refractivity contribution in [2.45, 2.75) is 60.0 Å². The SMILES string of the molecule is CNCCCOc1ccc(Cl)c(-c2nc(-c3c(C)noc3C)c(C)c(N3Cc4cnc(C(C)C)nc4C3)n2)c1. The zero-order chi connectivity index (χ0) is 27.7. The van der Waals surface area contributed by atoms with E-state index in [4.69, 9.17) is 35.8 Å². The van der Waals surface area contributed by atoms with E-state index in [1.807, 2.05) is 52.2 Å². The van der Waals surface area contributed by atoms with Gasteiger partial charge in [-0.05, 0) is 59.0 Å². The Morgan fingerprint density at radius 3 is 2.67 bits per heavy atom. The smallest absolute Gasteiger partial charge is 0.163 e. The lowest BCUT2D eigenvalue weighted by atomic mass is 10.0. The average molecular weight is 548 g/mol.